The number of hydrogen-bond donors (Lipinski definition) is 0. The summed E-state index contributed by atoms with van der Waals surface area (Å²) in [5.74, 6) is -0.161. The Morgan fingerprint density at radius 3 is 2.06 bits per heavy atom. The predicted molar refractivity (Wildman–Crippen MR) is 121 cm³/mol. The lowest BCUT2D eigenvalue weighted by Gasteiger charge is -2.20. The number of benzene rings is 3. The van der Waals surface area contributed by atoms with Gasteiger partial charge in [0, 0.05) is 12.6 Å². The van der Waals surface area contributed by atoms with Crippen LogP contribution in [0.15, 0.2) is 71.6 Å². The number of anilines is 1. The number of nitrogens with zero attached hydrogens (tertiary/aromatic N) is 1. The topological polar surface area (TPSA) is 90.0 Å². The number of sulfonamides is 1. The van der Waals surface area contributed by atoms with E-state index in [2.05, 4.69) is 0 Å². The van der Waals surface area contributed by atoms with Crippen molar-refractivity contribution in [3.05, 3.63) is 82.9 Å². The van der Waals surface area contributed by atoms with Crippen LogP contribution in [0.25, 0.3) is 0 Å². The monoisotopic (exact) mass is 473 g/mol. The molecular formula is C23H20ClNO6S. The molecule has 7 nitrogen and oxygen atoms in total. The van der Waals surface area contributed by atoms with Crippen molar-refractivity contribution in [3.8, 4) is 11.5 Å². The predicted octanol–water partition coefficient (Wildman–Crippen LogP) is 4.60. The highest BCUT2D eigenvalue weighted by Crippen LogP contribution is 2.28. The lowest BCUT2D eigenvalue weighted by Crippen LogP contribution is -2.26. The van der Waals surface area contributed by atoms with E-state index in [9.17, 15) is 18.0 Å². The molecule has 0 heterocycles. The van der Waals surface area contributed by atoms with Crippen LogP contribution in [0.5, 0.6) is 11.5 Å². The van der Waals surface area contributed by atoms with Crippen LogP contribution >= 0.6 is 11.6 Å². The van der Waals surface area contributed by atoms with Crippen LogP contribution in [0.4, 0.5) is 5.69 Å². The Labute approximate surface area is 191 Å². The fraction of sp³-hybridized carbons (Fsp3) is 0.130. The minimum atomic E-state index is -3.98. The highest BCUT2D eigenvalue weighted by molar-refractivity contribution is 7.92. The molecule has 32 heavy (non-hydrogen) atoms. The molecule has 0 aliphatic rings. The van der Waals surface area contributed by atoms with Gasteiger partial charge in [0.25, 0.3) is 10.0 Å². The molecule has 0 atom stereocenters. The third kappa shape index (κ3) is 4.92. The van der Waals surface area contributed by atoms with Crippen LogP contribution in [0, 0.1) is 0 Å². The van der Waals surface area contributed by atoms with Gasteiger partial charge in [-0.3, -0.25) is 9.10 Å². The molecule has 3 aromatic carbocycles. The molecule has 0 N–H and O–H groups in total. The Balaban J connectivity index is 1.87. The number of methoxy groups -OCH3 is 1. The first-order chi connectivity index (χ1) is 15.1. The zero-order valence-corrected chi connectivity index (χ0v) is 19.1. The Morgan fingerprint density at radius 2 is 1.50 bits per heavy atom. The van der Waals surface area contributed by atoms with Gasteiger partial charge in [0.2, 0.25) is 0 Å². The molecule has 0 saturated heterocycles. The lowest BCUT2D eigenvalue weighted by molar-refractivity contribution is 0.0734. The maximum absolute atomic E-state index is 13.1. The molecule has 3 rings (SSSR count). The maximum atomic E-state index is 13.1. The van der Waals surface area contributed by atoms with Crippen LogP contribution in [0.2, 0.25) is 5.02 Å². The Hall–Kier alpha value is -3.36. The summed E-state index contributed by atoms with van der Waals surface area (Å²) >= 11 is 6.14. The minimum absolute atomic E-state index is 0.0430. The number of ether oxygens (including phenoxy) is 2. The quantitative estimate of drug-likeness (QED) is 0.283. The first-order valence-corrected chi connectivity index (χ1v) is 11.2. The molecule has 9 heteroatoms. The molecule has 0 amide bonds. The second-order valence-corrected chi connectivity index (χ2v) is 9.16. The molecule has 3 aromatic rings. The van der Waals surface area contributed by atoms with Gasteiger partial charge in [-0.2, -0.15) is 0 Å². The standard InChI is InChI=1S/C23H20ClNO6S/c1-15(26)16-4-8-19(9-5-16)31-23(27)21-14-20(12-13-22(21)24)32(28,29)25(2)17-6-10-18(30-3)11-7-17/h4-14H,1-3H3. The molecule has 0 saturated carbocycles. The van der Waals surface area contributed by atoms with E-state index in [-0.39, 0.29) is 27.0 Å². The van der Waals surface area contributed by atoms with Gasteiger partial charge in [0.1, 0.15) is 11.5 Å². The number of halogens is 1. The minimum Gasteiger partial charge on any atom is -0.497 e. The SMILES string of the molecule is COc1ccc(N(C)S(=O)(=O)c2ccc(Cl)c(C(=O)Oc3ccc(C(C)=O)cc3)c2)cc1. The van der Waals surface area contributed by atoms with E-state index in [4.69, 9.17) is 21.1 Å². The largest absolute Gasteiger partial charge is 0.497 e. The smallest absolute Gasteiger partial charge is 0.345 e. The Bertz CT molecular complexity index is 1250. The van der Waals surface area contributed by atoms with Crippen molar-refractivity contribution in [3.63, 3.8) is 0 Å². The third-order valence-corrected chi connectivity index (χ3v) is 6.83. The lowest BCUT2D eigenvalue weighted by atomic mass is 10.1. The van der Waals surface area contributed by atoms with E-state index in [0.717, 1.165) is 4.31 Å². The average Bonchev–Trinajstić information content (AvgIpc) is 2.79. The highest BCUT2D eigenvalue weighted by atomic mass is 35.5. The van der Waals surface area contributed by atoms with Gasteiger partial charge in [-0.1, -0.05) is 11.6 Å². The molecule has 0 radical (unpaired) electrons. The number of hydrogen-bond acceptors (Lipinski definition) is 6. The third-order valence-electron chi connectivity index (χ3n) is 4.72. The van der Waals surface area contributed by atoms with Crippen molar-refractivity contribution < 1.29 is 27.5 Å². The van der Waals surface area contributed by atoms with Gasteiger partial charge in [-0.15, -0.1) is 0 Å². The number of rotatable bonds is 7. The Kier molecular flexibility index (Phi) is 6.86. The molecule has 0 aromatic heterocycles. The second-order valence-electron chi connectivity index (χ2n) is 6.78. The van der Waals surface area contributed by atoms with Crippen molar-refractivity contribution in [1.29, 1.82) is 0 Å². The van der Waals surface area contributed by atoms with Gasteiger partial charge in [0.15, 0.2) is 5.78 Å². The number of esters is 1. The fourth-order valence-electron chi connectivity index (χ4n) is 2.83. The molecular weight excluding hydrogens is 454 g/mol. The van der Waals surface area contributed by atoms with Gasteiger partial charge < -0.3 is 9.47 Å². The number of ketones is 1. The van der Waals surface area contributed by atoms with E-state index in [1.54, 1.807) is 24.3 Å². The fourth-order valence-corrected chi connectivity index (χ4v) is 4.25. The molecule has 166 valence electrons. The summed E-state index contributed by atoms with van der Waals surface area (Å²) in [7, 11) is -1.07. The summed E-state index contributed by atoms with van der Waals surface area (Å²) in [5.41, 5.74) is 0.777. The van der Waals surface area contributed by atoms with Crippen molar-refractivity contribution in [2.45, 2.75) is 11.8 Å². The van der Waals surface area contributed by atoms with E-state index in [1.807, 2.05) is 0 Å². The summed E-state index contributed by atoms with van der Waals surface area (Å²) in [4.78, 5) is 23.9. The van der Waals surface area contributed by atoms with Gasteiger partial charge >= 0.3 is 5.97 Å². The summed E-state index contributed by atoms with van der Waals surface area (Å²) in [5, 5.41) is 0.0430. The van der Waals surface area contributed by atoms with Crippen LogP contribution in [-0.4, -0.2) is 34.3 Å². The molecule has 0 fully saturated rings. The van der Waals surface area contributed by atoms with Crippen LogP contribution in [0.1, 0.15) is 27.6 Å². The molecule has 0 aliphatic heterocycles. The van der Waals surface area contributed by atoms with Crippen LogP contribution in [-0.2, 0) is 10.0 Å². The number of carbonyl (C=O) groups excluding carboxylic acids is 2. The van der Waals surface area contributed by atoms with Crippen LogP contribution < -0.4 is 13.8 Å². The number of carbonyl (C=O) groups is 2. The van der Waals surface area contributed by atoms with E-state index in [1.165, 1.54) is 63.5 Å². The first-order valence-electron chi connectivity index (χ1n) is 9.39. The van der Waals surface area contributed by atoms with Gasteiger partial charge in [-0.05, 0) is 73.7 Å². The Morgan fingerprint density at radius 1 is 0.906 bits per heavy atom. The zero-order chi connectivity index (χ0) is 23.5. The molecule has 0 unspecified atom stereocenters. The number of Topliss-reactive ketones (excluding diaryl/α,β-unsaturated/α-hetero) is 1. The summed E-state index contributed by atoms with van der Waals surface area (Å²) < 4.78 is 37.7. The highest BCUT2D eigenvalue weighted by Gasteiger charge is 2.24. The van der Waals surface area contributed by atoms with Crippen molar-refractivity contribution >= 4 is 39.1 Å². The van der Waals surface area contributed by atoms with E-state index >= 15 is 0 Å². The molecule has 0 aliphatic carbocycles. The van der Waals surface area contributed by atoms with Crippen molar-refractivity contribution in [2.75, 3.05) is 18.5 Å². The summed E-state index contributed by atoms with van der Waals surface area (Å²) in [6.07, 6.45) is 0. The van der Waals surface area contributed by atoms with Crippen molar-refractivity contribution in [2.24, 2.45) is 0 Å². The van der Waals surface area contributed by atoms with Crippen LogP contribution in [0.3, 0.4) is 0 Å². The van der Waals surface area contributed by atoms with Crippen molar-refractivity contribution in [1.82, 2.24) is 0 Å². The maximum Gasteiger partial charge on any atom is 0.345 e. The van der Waals surface area contributed by atoms with Gasteiger partial charge in [-0.25, -0.2) is 13.2 Å². The second kappa shape index (κ2) is 9.42. The molecule has 0 bridgehead atoms. The average molecular weight is 474 g/mol. The van der Waals surface area contributed by atoms with E-state index < -0.39 is 16.0 Å². The first kappa shape index (κ1) is 23.3. The van der Waals surface area contributed by atoms with E-state index in [0.29, 0.717) is 17.0 Å². The van der Waals surface area contributed by atoms with Gasteiger partial charge in [0.05, 0.1) is 28.3 Å². The molecule has 0 spiro atoms. The summed E-state index contributed by atoms with van der Waals surface area (Å²) in [6, 6.07) is 16.3. The zero-order valence-electron chi connectivity index (χ0n) is 17.5. The normalized spacial score (nSPS) is 11.0. The summed E-state index contributed by atoms with van der Waals surface area (Å²) in [6.45, 7) is 1.43.